The van der Waals surface area contributed by atoms with Crippen molar-refractivity contribution in [3.8, 4) is 0 Å². The van der Waals surface area contributed by atoms with Crippen molar-refractivity contribution in [1.82, 2.24) is 4.98 Å². The van der Waals surface area contributed by atoms with Crippen LogP contribution in [0, 0.1) is 6.92 Å². The Kier molecular flexibility index (Phi) is 5.94. The van der Waals surface area contributed by atoms with Gasteiger partial charge in [0.05, 0.1) is 0 Å². The van der Waals surface area contributed by atoms with Gasteiger partial charge in [-0.3, -0.25) is 0 Å². The monoisotopic (exact) mass is 237 g/mol. The Morgan fingerprint density at radius 3 is 2.71 bits per heavy atom. The van der Waals surface area contributed by atoms with E-state index in [9.17, 15) is 0 Å². The van der Waals surface area contributed by atoms with E-state index < -0.39 is 0 Å². The molecule has 96 valence electrons. The minimum atomic E-state index is 0.278. The SMILES string of the molecule is Cc1ccc(CN)c(N(C)CCCCCO)n1. The molecule has 3 N–H and O–H groups in total. The van der Waals surface area contributed by atoms with Crippen LogP contribution in [-0.2, 0) is 6.54 Å². The molecule has 1 aromatic heterocycles. The van der Waals surface area contributed by atoms with E-state index >= 15 is 0 Å². The highest BCUT2D eigenvalue weighted by atomic mass is 16.2. The third-order valence-corrected chi connectivity index (χ3v) is 2.83. The molecule has 0 aromatic carbocycles. The van der Waals surface area contributed by atoms with Gasteiger partial charge in [-0.15, -0.1) is 0 Å². The van der Waals surface area contributed by atoms with Crippen LogP contribution in [0.25, 0.3) is 0 Å². The number of aliphatic hydroxyl groups is 1. The lowest BCUT2D eigenvalue weighted by atomic mass is 10.2. The first-order chi connectivity index (χ1) is 8.19. The van der Waals surface area contributed by atoms with Gasteiger partial charge in [0.15, 0.2) is 0 Å². The molecule has 0 saturated carbocycles. The summed E-state index contributed by atoms with van der Waals surface area (Å²) in [6.45, 7) is 3.73. The number of nitrogens with zero attached hydrogens (tertiary/aromatic N) is 2. The van der Waals surface area contributed by atoms with Crippen molar-refractivity contribution in [3.05, 3.63) is 23.4 Å². The van der Waals surface area contributed by atoms with Gasteiger partial charge in [-0.25, -0.2) is 4.98 Å². The van der Waals surface area contributed by atoms with Gasteiger partial charge in [0.2, 0.25) is 0 Å². The summed E-state index contributed by atoms with van der Waals surface area (Å²) >= 11 is 0. The molecule has 0 aliphatic carbocycles. The maximum atomic E-state index is 8.72. The molecule has 1 heterocycles. The smallest absolute Gasteiger partial charge is 0.133 e. The molecule has 0 fully saturated rings. The number of nitrogens with two attached hydrogens (primary N) is 1. The second-order valence-electron chi connectivity index (χ2n) is 4.35. The quantitative estimate of drug-likeness (QED) is 0.705. The van der Waals surface area contributed by atoms with Gasteiger partial charge in [0.1, 0.15) is 5.82 Å². The first-order valence-corrected chi connectivity index (χ1v) is 6.17. The van der Waals surface area contributed by atoms with Gasteiger partial charge in [0.25, 0.3) is 0 Å². The molecule has 0 spiro atoms. The average molecular weight is 237 g/mol. The molecule has 1 aromatic rings. The van der Waals surface area contributed by atoms with Crippen LogP contribution in [0.15, 0.2) is 12.1 Å². The molecule has 0 aliphatic heterocycles. The molecule has 4 heteroatoms. The maximum Gasteiger partial charge on any atom is 0.133 e. The Morgan fingerprint density at radius 2 is 2.06 bits per heavy atom. The van der Waals surface area contributed by atoms with Gasteiger partial charge in [-0.2, -0.15) is 0 Å². The molecular formula is C13H23N3O. The second kappa shape index (κ2) is 7.25. The number of aliphatic hydroxyl groups excluding tert-OH is 1. The van der Waals surface area contributed by atoms with Crippen molar-refractivity contribution >= 4 is 5.82 Å². The van der Waals surface area contributed by atoms with Crippen LogP contribution in [-0.4, -0.2) is 30.3 Å². The van der Waals surface area contributed by atoms with Crippen LogP contribution < -0.4 is 10.6 Å². The molecule has 0 saturated heterocycles. The van der Waals surface area contributed by atoms with Crippen LogP contribution >= 0.6 is 0 Å². The zero-order valence-electron chi connectivity index (χ0n) is 10.8. The number of rotatable bonds is 7. The number of hydrogen-bond donors (Lipinski definition) is 2. The molecule has 0 unspecified atom stereocenters. The largest absolute Gasteiger partial charge is 0.396 e. The average Bonchev–Trinajstić information content (AvgIpc) is 2.34. The Morgan fingerprint density at radius 1 is 1.29 bits per heavy atom. The van der Waals surface area contributed by atoms with Gasteiger partial charge in [-0.1, -0.05) is 6.07 Å². The van der Waals surface area contributed by atoms with E-state index in [0.717, 1.165) is 42.9 Å². The summed E-state index contributed by atoms with van der Waals surface area (Å²) in [6.07, 6.45) is 2.99. The van der Waals surface area contributed by atoms with Crippen LogP contribution in [0.5, 0.6) is 0 Å². The molecule has 4 nitrogen and oxygen atoms in total. The summed E-state index contributed by atoms with van der Waals surface area (Å²) in [4.78, 5) is 6.68. The number of aryl methyl sites for hydroxylation is 1. The summed E-state index contributed by atoms with van der Waals surface area (Å²) < 4.78 is 0. The van der Waals surface area contributed by atoms with Crippen molar-refractivity contribution in [2.45, 2.75) is 32.7 Å². The Balaban J connectivity index is 2.60. The van der Waals surface area contributed by atoms with Crippen LogP contribution in [0.3, 0.4) is 0 Å². The molecule has 0 radical (unpaired) electrons. The molecule has 1 rings (SSSR count). The van der Waals surface area contributed by atoms with E-state index in [0.29, 0.717) is 6.54 Å². The van der Waals surface area contributed by atoms with Crippen molar-refractivity contribution in [2.24, 2.45) is 5.73 Å². The van der Waals surface area contributed by atoms with Gasteiger partial charge >= 0.3 is 0 Å². The summed E-state index contributed by atoms with van der Waals surface area (Å²) in [6, 6.07) is 4.03. The fourth-order valence-electron chi connectivity index (χ4n) is 1.81. The normalized spacial score (nSPS) is 10.6. The number of anilines is 1. The van der Waals surface area contributed by atoms with Crippen molar-refractivity contribution < 1.29 is 5.11 Å². The van der Waals surface area contributed by atoms with Gasteiger partial charge in [0, 0.05) is 38.0 Å². The Labute approximate surface area is 103 Å². The molecular weight excluding hydrogens is 214 g/mol. The Hall–Kier alpha value is -1.13. The van der Waals surface area contributed by atoms with Crippen molar-refractivity contribution in [3.63, 3.8) is 0 Å². The molecule has 0 bridgehead atoms. The lowest BCUT2D eigenvalue weighted by Gasteiger charge is -2.21. The summed E-state index contributed by atoms with van der Waals surface area (Å²) in [5, 5.41) is 8.72. The molecule has 17 heavy (non-hydrogen) atoms. The van der Waals surface area contributed by atoms with Crippen LogP contribution in [0.1, 0.15) is 30.5 Å². The summed E-state index contributed by atoms with van der Waals surface area (Å²) in [7, 11) is 2.04. The predicted octanol–water partition coefficient (Wildman–Crippen LogP) is 1.45. The highest BCUT2D eigenvalue weighted by molar-refractivity contribution is 5.46. The summed E-state index contributed by atoms with van der Waals surface area (Å²) in [5.41, 5.74) is 7.81. The van der Waals surface area contributed by atoms with E-state index in [1.54, 1.807) is 0 Å². The number of hydrogen-bond acceptors (Lipinski definition) is 4. The van der Waals surface area contributed by atoms with E-state index in [1.807, 2.05) is 26.1 Å². The number of unbranched alkanes of at least 4 members (excludes halogenated alkanes) is 2. The topological polar surface area (TPSA) is 62.4 Å². The van der Waals surface area contributed by atoms with E-state index in [2.05, 4.69) is 9.88 Å². The van der Waals surface area contributed by atoms with Gasteiger partial charge in [-0.05, 0) is 32.3 Å². The highest BCUT2D eigenvalue weighted by Crippen LogP contribution is 2.17. The maximum absolute atomic E-state index is 8.72. The zero-order valence-corrected chi connectivity index (χ0v) is 10.8. The minimum absolute atomic E-state index is 0.278. The van der Waals surface area contributed by atoms with E-state index in [1.165, 1.54) is 0 Å². The predicted molar refractivity (Wildman–Crippen MR) is 71.1 cm³/mol. The van der Waals surface area contributed by atoms with Crippen LogP contribution in [0.2, 0.25) is 0 Å². The lowest BCUT2D eigenvalue weighted by Crippen LogP contribution is -2.22. The minimum Gasteiger partial charge on any atom is -0.396 e. The first-order valence-electron chi connectivity index (χ1n) is 6.17. The zero-order chi connectivity index (χ0) is 12.7. The molecule has 0 atom stereocenters. The first kappa shape index (κ1) is 13.9. The number of pyridine rings is 1. The Bertz CT molecular complexity index is 341. The van der Waals surface area contributed by atoms with Crippen molar-refractivity contribution in [2.75, 3.05) is 25.1 Å². The van der Waals surface area contributed by atoms with E-state index in [4.69, 9.17) is 10.8 Å². The van der Waals surface area contributed by atoms with Gasteiger partial charge < -0.3 is 15.7 Å². The highest BCUT2D eigenvalue weighted by Gasteiger charge is 2.08. The lowest BCUT2D eigenvalue weighted by molar-refractivity contribution is 0.283. The number of aromatic nitrogens is 1. The molecule has 0 amide bonds. The third-order valence-electron chi connectivity index (χ3n) is 2.83. The second-order valence-corrected chi connectivity index (χ2v) is 4.35. The molecule has 0 aliphatic rings. The van der Waals surface area contributed by atoms with E-state index in [-0.39, 0.29) is 6.61 Å². The standard InChI is InChI=1S/C13H23N3O/c1-11-6-7-12(10-14)13(15-11)16(2)8-4-3-5-9-17/h6-7,17H,3-5,8-10,14H2,1-2H3. The summed E-state index contributed by atoms with van der Waals surface area (Å²) in [5.74, 6) is 0.983. The fraction of sp³-hybridized carbons (Fsp3) is 0.615. The van der Waals surface area contributed by atoms with Crippen LogP contribution in [0.4, 0.5) is 5.82 Å². The fourth-order valence-corrected chi connectivity index (χ4v) is 1.81. The third kappa shape index (κ3) is 4.32. The van der Waals surface area contributed by atoms with Crippen molar-refractivity contribution in [1.29, 1.82) is 0 Å².